The van der Waals surface area contributed by atoms with Crippen molar-refractivity contribution in [2.75, 3.05) is 18.5 Å². The average molecular weight is 370 g/mol. The zero-order chi connectivity index (χ0) is 17.8. The van der Waals surface area contributed by atoms with E-state index in [-0.39, 0.29) is 5.54 Å². The number of fused-ring (bicyclic) bond motifs is 1. The number of amidine groups is 1. The summed E-state index contributed by atoms with van der Waals surface area (Å²) in [6, 6.07) is 15.8. The van der Waals surface area contributed by atoms with Gasteiger partial charge in [0.25, 0.3) is 0 Å². The molecule has 2 aromatic rings. The first-order valence-electron chi connectivity index (χ1n) is 9.34. The highest BCUT2D eigenvalue weighted by Gasteiger charge is 2.40. The Morgan fingerprint density at radius 2 is 1.81 bits per heavy atom. The van der Waals surface area contributed by atoms with Crippen molar-refractivity contribution in [3.63, 3.8) is 0 Å². The Labute approximate surface area is 159 Å². The molecular formula is C21H24ClN3O. The highest BCUT2D eigenvalue weighted by Crippen LogP contribution is 2.40. The predicted octanol–water partition coefficient (Wildman–Crippen LogP) is 5.17. The van der Waals surface area contributed by atoms with Crippen molar-refractivity contribution in [1.29, 1.82) is 0 Å². The molecular weight excluding hydrogens is 346 g/mol. The van der Waals surface area contributed by atoms with Crippen LogP contribution in [0.5, 0.6) is 5.75 Å². The summed E-state index contributed by atoms with van der Waals surface area (Å²) >= 11 is 6.15. The highest BCUT2D eigenvalue weighted by atomic mass is 35.5. The van der Waals surface area contributed by atoms with Gasteiger partial charge in [-0.25, -0.2) is 4.99 Å². The van der Waals surface area contributed by atoms with E-state index in [1.54, 1.807) is 0 Å². The van der Waals surface area contributed by atoms with Crippen LogP contribution in [-0.4, -0.2) is 24.5 Å². The van der Waals surface area contributed by atoms with Gasteiger partial charge in [0, 0.05) is 0 Å². The lowest BCUT2D eigenvalue weighted by molar-refractivity contribution is 0.319. The van der Waals surface area contributed by atoms with Gasteiger partial charge in [-0.2, -0.15) is 0 Å². The van der Waals surface area contributed by atoms with Crippen LogP contribution in [0.15, 0.2) is 53.5 Å². The maximum absolute atomic E-state index is 6.15. The Hall–Kier alpha value is -2.20. The Morgan fingerprint density at radius 3 is 2.65 bits per heavy atom. The summed E-state index contributed by atoms with van der Waals surface area (Å²) < 4.78 is 5.80. The number of halogens is 1. The Morgan fingerprint density at radius 1 is 1.04 bits per heavy atom. The lowest BCUT2D eigenvalue weighted by Gasteiger charge is -2.42. The van der Waals surface area contributed by atoms with Crippen LogP contribution >= 0.6 is 11.6 Å². The van der Waals surface area contributed by atoms with Crippen molar-refractivity contribution in [1.82, 2.24) is 5.32 Å². The number of ether oxygens (including phenoxy) is 1. The summed E-state index contributed by atoms with van der Waals surface area (Å²) in [4.78, 5) is 4.95. The largest absolute Gasteiger partial charge is 0.490 e. The normalized spacial score (nSPS) is 17.8. The first-order valence-corrected chi connectivity index (χ1v) is 9.72. The topological polar surface area (TPSA) is 45.6 Å². The third-order valence-corrected chi connectivity index (χ3v) is 5.47. The molecule has 0 radical (unpaired) electrons. The number of rotatable bonds is 4. The van der Waals surface area contributed by atoms with Crippen molar-refractivity contribution < 1.29 is 4.74 Å². The molecule has 26 heavy (non-hydrogen) atoms. The Kier molecular flexibility index (Phi) is 5.02. The molecule has 5 heteroatoms. The molecule has 1 aliphatic heterocycles. The van der Waals surface area contributed by atoms with E-state index in [0.29, 0.717) is 18.2 Å². The van der Waals surface area contributed by atoms with Crippen LogP contribution in [0.25, 0.3) is 0 Å². The van der Waals surface area contributed by atoms with Gasteiger partial charge in [0.05, 0.1) is 28.5 Å². The molecule has 1 fully saturated rings. The van der Waals surface area contributed by atoms with Crippen LogP contribution in [0, 0.1) is 0 Å². The summed E-state index contributed by atoms with van der Waals surface area (Å²) in [5, 5.41) is 7.95. The second kappa shape index (κ2) is 7.58. The predicted molar refractivity (Wildman–Crippen MR) is 108 cm³/mol. The number of para-hydroxylation sites is 3. The zero-order valence-corrected chi connectivity index (χ0v) is 15.6. The zero-order valence-electron chi connectivity index (χ0n) is 14.8. The van der Waals surface area contributed by atoms with E-state index in [2.05, 4.69) is 28.8 Å². The molecule has 0 amide bonds. The third-order valence-electron chi connectivity index (χ3n) is 5.16. The van der Waals surface area contributed by atoms with Crippen molar-refractivity contribution in [2.45, 2.75) is 37.6 Å². The molecule has 4 rings (SSSR count). The summed E-state index contributed by atoms with van der Waals surface area (Å²) in [6.07, 6.45) is 5.98. The molecule has 136 valence electrons. The number of nitrogens with one attached hydrogen (secondary N) is 2. The molecule has 4 nitrogen and oxygen atoms in total. The second-order valence-electron chi connectivity index (χ2n) is 6.95. The van der Waals surface area contributed by atoms with Gasteiger partial charge in [-0.1, -0.05) is 55.1 Å². The number of benzene rings is 2. The molecule has 1 spiro atoms. The third kappa shape index (κ3) is 3.51. The highest BCUT2D eigenvalue weighted by molar-refractivity contribution is 6.32. The van der Waals surface area contributed by atoms with E-state index < -0.39 is 0 Å². The smallest absolute Gasteiger partial charge is 0.137 e. The summed E-state index contributed by atoms with van der Waals surface area (Å²) in [5.74, 6) is 1.76. The molecule has 0 atom stereocenters. The van der Waals surface area contributed by atoms with Crippen LogP contribution in [0.4, 0.5) is 11.4 Å². The minimum atomic E-state index is -0.0724. The van der Waals surface area contributed by atoms with Crippen LogP contribution in [-0.2, 0) is 0 Å². The molecule has 0 bridgehead atoms. The molecule has 2 aromatic carbocycles. The minimum Gasteiger partial charge on any atom is -0.490 e. The van der Waals surface area contributed by atoms with E-state index in [9.17, 15) is 0 Å². The van der Waals surface area contributed by atoms with E-state index in [4.69, 9.17) is 21.3 Å². The lowest BCUT2D eigenvalue weighted by Crippen LogP contribution is -2.55. The van der Waals surface area contributed by atoms with Crippen molar-refractivity contribution in [2.24, 2.45) is 4.99 Å². The van der Waals surface area contributed by atoms with E-state index in [1.165, 1.54) is 19.3 Å². The van der Waals surface area contributed by atoms with E-state index >= 15 is 0 Å². The van der Waals surface area contributed by atoms with Crippen LogP contribution in [0.2, 0.25) is 5.02 Å². The van der Waals surface area contributed by atoms with Crippen LogP contribution < -0.4 is 15.4 Å². The van der Waals surface area contributed by atoms with Gasteiger partial charge in [-0.15, -0.1) is 0 Å². The fourth-order valence-corrected chi connectivity index (χ4v) is 4.03. The number of hydrogen-bond donors (Lipinski definition) is 2. The monoisotopic (exact) mass is 369 g/mol. The van der Waals surface area contributed by atoms with Gasteiger partial charge < -0.3 is 15.4 Å². The number of anilines is 1. The first kappa shape index (κ1) is 17.2. The van der Waals surface area contributed by atoms with Crippen molar-refractivity contribution >= 4 is 28.8 Å². The molecule has 1 heterocycles. The maximum Gasteiger partial charge on any atom is 0.137 e. The molecule has 1 saturated carbocycles. The summed E-state index contributed by atoms with van der Waals surface area (Å²) in [7, 11) is 0. The molecule has 0 aromatic heterocycles. The fraction of sp³-hybridized carbons (Fsp3) is 0.381. The van der Waals surface area contributed by atoms with E-state index in [0.717, 1.165) is 35.8 Å². The molecule has 0 saturated heterocycles. The SMILES string of the molecule is Clc1ccccc1OCCNC1=Nc2ccccc2NC12CCCCC2. The van der Waals surface area contributed by atoms with Gasteiger partial charge in [0.15, 0.2) is 0 Å². The minimum absolute atomic E-state index is 0.0724. The maximum atomic E-state index is 6.15. The molecule has 1 aliphatic carbocycles. The molecule has 0 unspecified atom stereocenters. The van der Waals surface area contributed by atoms with Gasteiger partial charge in [0.1, 0.15) is 18.2 Å². The Balaban J connectivity index is 1.46. The lowest BCUT2D eigenvalue weighted by atomic mass is 9.79. The first-order chi connectivity index (χ1) is 12.8. The quantitative estimate of drug-likeness (QED) is 0.731. The van der Waals surface area contributed by atoms with Crippen LogP contribution in [0.1, 0.15) is 32.1 Å². The molecule has 2 N–H and O–H groups in total. The van der Waals surface area contributed by atoms with E-state index in [1.807, 2.05) is 30.3 Å². The van der Waals surface area contributed by atoms with Gasteiger partial charge in [-0.05, 0) is 37.1 Å². The summed E-state index contributed by atoms with van der Waals surface area (Å²) in [5.41, 5.74) is 2.06. The number of hydrogen-bond acceptors (Lipinski definition) is 4. The number of aliphatic imine (C=N–C) groups is 1. The number of nitrogens with zero attached hydrogens (tertiary/aromatic N) is 1. The average Bonchev–Trinajstić information content (AvgIpc) is 2.67. The van der Waals surface area contributed by atoms with Gasteiger partial charge >= 0.3 is 0 Å². The fourth-order valence-electron chi connectivity index (χ4n) is 3.84. The molecule has 2 aliphatic rings. The van der Waals surface area contributed by atoms with Crippen LogP contribution in [0.3, 0.4) is 0 Å². The summed E-state index contributed by atoms with van der Waals surface area (Å²) in [6.45, 7) is 1.23. The van der Waals surface area contributed by atoms with Gasteiger partial charge in [-0.3, -0.25) is 0 Å². The van der Waals surface area contributed by atoms with Crippen molar-refractivity contribution in [3.05, 3.63) is 53.6 Å². The second-order valence-corrected chi connectivity index (χ2v) is 7.36. The Bertz CT molecular complexity index is 799. The van der Waals surface area contributed by atoms with Gasteiger partial charge in [0.2, 0.25) is 0 Å². The standard InChI is InChI=1S/C21H24ClN3O/c22-16-8-2-5-11-19(16)26-15-14-23-20-21(12-6-1-7-13-21)25-18-10-4-3-9-17(18)24-20/h2-5,8-11,25H,1,6-7,12-15H2,(H,23,24). The van der Waals surface area contributed by atoms with Crippen molar-refractivity contribution in [3.8, 4) is 5.75 Å².